The van der Waals surface area contributed by atoms with Gasteiger partial charge < -0.3 is 19.3 Å². The highest BCUT2D eigenvalue weighted by atomic mass is 31.2. The van der Waals surface area contributed by atoms with Gasteiger partial charge >= 0.3 is 13.8 Å². The summed E-state index contributed by atoms with van der Waals surface area (Å²) in [5.74, 6) is -0.336. The van der Waals surface area contributed by atoms with Crippen LogP contribution in [0.5, 0.6) is 0 Å². The molecule has 0 heterocycles. The summed E-state index contributed by atoms with van der Waals surface area (Å²) in [5, 5.41) is 0. The summed E-state index contributed by atoms with van der Waals surface area (Å²) < 4.78 is 26.2. The number of allylic oxidation sites excluding steroid dienone is 2. The maximum Gasteiger partial charge on any atom is 0.470 e. The molecule has 8 heteroatoms. The average molecular weight is 479 g/mol. The Balaban J connectivity index is 3.71. The van der Waals surface area contributed by atoms with E-state index in [2.05, 4.69) is 19.1 Å². The number of phosphoric acid groups is 1. The Bertz CT molecular complexity index is 542. The molecule has 2 N–H and O–H groups in total. The summed E-state index contributed by atoms with van der Waals surface area (Å²) in [6.07, 6.45) is 19.7. The van der Waals surface area contributed by atoms with Crippen molar-refractivity contribution in [3.8, 4) is 0 Å². The minimum Gasteiger partial charge on any atom is -0.463 e. The van der Waals surface area contributed by atoms with Crippen molar-refractivity contribution in [1.29, 1.82) is 0 Å². The van der Waals surface area contributed by atoms with Crippen molar-refractivity contribution in [2.45, 2.75) is 122 Å². The summed E-state index contributed by atoms with van der Waals surface area (Å²) in [6, 6.07) is 0. The molecule has 0 rings (SSSR count). The molecule has 0 bridgehead atoms. The van der Waals surface area contributed by atoms with Gasteiger partial charge in [-0.2, -0.15) is 0 Å². The van der Waals surface area contributed by atoms with Crippen LogP contribution in [-0.4, -0.2) is 41.2 Å². The Morgan fingerprint density at radius 1 is 0.906 bits per heavy atom. The van der Waals surface area contributed by atoms with Gasteiger partial charge in [-0.05, 0) is 46.0 Å². The Kier molecular flexibility index (Phi) is 18.3. The number of rotatable bonds is 21. The van der Waals surface area contributed by atoms with Gasteiger partial charge in [0.15, 0.2) is 0 Å². The number of hydrogen-bond acceptors (Lipinski definition) is 5. The fourth-order valence-corrected chi connectivity index (χ4v) is 4.23. The van der Waals surface area contributed by atoms with Crippen LogP contribution in [0.4, 0.5) is 0 Å². The first-order valence-corrected chi connectivity index (χ1v) is 13.7. The lowest BCUT2D eigenvalue weighted by Gasteiger charge is -2.32. The summed E-state index contributed by atoms with van der Waals surface area (Å²) >= 11 is 0. The number of unbranched alkanes of at least 4 members (excludes halogenated alkanes) is 11. The lowest BCUT2D eigenvalue weighted by atomic mass is 10.0. The normalized spacial score (nSPS) is 13.6. The second-order valence-electron chi connectivity index (χ2n) is 8.93. The minimum absolute atomic E-state index is 0.118. The van der Waals surface area contributed by atoms with Crippen molar-refractivity contribution in [3.05, 3.63) is 12.2 Å². The average Bonchev–Trinajstić information content (AvgIpc) is 2.69. The summed E-state index contributed by atoms with van der Waals surface area (Å²) in [5.41, 5.74) is -1.29. The first-order valence-electron chi connectivity index (χ1n) is 12.2. The number of hydrogen-bond donors (Lipinski definition) is 2. The molecule has 0 spiro atoms. The van der Waals surface area contributed by atoms with Gasteiger partial charge in [0.2, 0.25) is 0 Å². The topological polar surface area (TPSA) is 102 Å². The molecular weight excluding hydrogens is 431 g/mol. The Hall–Kier alpha value is -0.720. The van der Waals surface area contributed by atoms with Crippen LogP contribution < -0.4 is 0 Å². The van der Waals surface area contributed by atoms with E-state index in [1.807, 2.05) is 0 Å². The highest BCUT2D eigenvalue weighted by molar-refractivity contribution is 7.46. The van der Waals surface area contributed by atoms with Crippen LogP contribution in [0.25, 0.3) is 0 Å². The van der Waals surface area contributed by atoms with E-state index in [0.717, 1.165) is 32.1 Å². The molecule has 0 saturated heterocycles. The summed E-state index contributed by atoms with van der Waals surface area (Å²) in [6.45, 7) is 5.10. The minimum atomic E-state index is -4.67. The van der Waals surface area contributed by atoms with Gasteiger partial charge in [-0.3, -0.25) is 9.32 Å². The summed E-state index contributed by atoms with van der Waals surface area (Å²) in [7, 11) is -3.29. The fourth-order valence-electron chi connectivity index (χ4n) is 3.50. The zero-order valence-corrected chi connectivity index (χ0v) is 21.6. The van der Waals surface area contributed by atoms with Crippen LogP contribution in [-0.2, 0) is 23.4 Å². The third kappa shape index (κ3) is 18.8. The van der Waals surface area contributed by atoms with Gasteiger partial charge in [-0.15, -0.1) is 0 Å². The molecule has 32 heavy (non-hydrogen) atoms. The standard InChI is InChI=1S/C24H47O7P/c1-5-6-7-8-9-10-11-12-13-14-15-16-17-18-19-20-23(25)30-21-22(29-4)24(2,3)31-32(26,27)28/h12-13,22H,5-11,14-21H2,1-4H3,(H2,26,27,28)/b13-12-. The molecule has 0 saturated carbocycles. The van der Waals surface area contributed by atoms with Gasteiger partial charge in [0.25, 0.3) is 0 Å². The van der Waals surface area contributed by atoms with Gasteiger partial charge in [0, 0.05) is 13.5 Å². The molecular formula is C24H47O7P. The molecule has 0 aromatic heterocycles. The monoisotopic (exact) mass is 478 g/mol. The number of carbonyl (C=O) groups is 1. The molecule has 7 nitrogen and oxygen atoms in total. The molecule has 0 aromatic rings. The molecule has 0 aromatic carbocycles. The van der Waals surface area contributed by atoms with E-state index in [-0.39, 0.29) is 12.6 Å². The van der Waals surface area contributed by atoms with E-state index in [1.54, 1.807) is 0 Å². The van der Waals surface area contributed by atoms with Gasteiger partial charge in [0.1, 0.15) is 18.3 Å². The molecule has 1 unspecified atom stereocenters. The van der Waals surface area contributed by atoms with E-state index in [4.69, 9.17) is 23.8 Å². The van der Waals surface area contributed by atoms with Crippen LogP contribution in [0.2, 0.25) is 0 Å². The Morgan fingerprint density at radius 2 is 1.41 bits per heavy atom. The second kappa shape index (κ2) is 18.7. The Morgan fingerprint density at radius 3 is 1.91 bits per heavy atom. The van der Waals surface area contributed by atoms with Gasteiger partial charge in [-0.1, -0.05) is 70.4 Å². The lowest BCUT2D eigenvalue weighted by Crippen LogP contribution is -2.43. The number of methoxy groups -OCH3 is 1. The van der Waals surface area contributed by atoms with Crippen LogP contribution >= 0.6 is 7.82 Å². The maximum atomic E-state index is 11.9. The molecule has 190 valence electrons. The lowest BCUT2D eigenvalue weighted by molar-refractivity contribution is -0.153. The number of esters is 1. The van der Waals surface area contributed by atoms with Gasteiger partial charge in [0.05, 0.1) is 0 Å². The van der Waals surface area contributed by atoms with Crippen molar-refractivity contribution < 1.29 is 33.1 Å². The SMILES string of the molecule is CCCCCCCC/C=C\CCCCCCCC(=O)OCC(OC)C(C)(C)OP(=O)(O)O. The fraction of sp³-hybridized carbons (Fsp3) is 0.875. The van der Waals surface area contributed by atoms with E-state index in [9.17, 15) is 9.36 Å². The number of ether oxygens (including phenoxy) is 2. The van der Waals surface area contributed by atoms with Crippen molar-refractivity contribution in [1.82, 2.24) is 0 Å². The van der Waals surface area contributed by atoms with E-state index >= 15 is 0 Å². The molecule has 0 aliphatic carbocycles. The molecule has 0 aliphatic heterocycles. The van der Waals surface area contributed by atoms with Crippen LogP contribution in [0.3, 0.4) is 0 Å². The predicted molar refractivity (Wildman–Crippen MR) is 128 cm³/mol. The first kappa shape index (κ1) is 31.3. The van der Waals surface area contributed by atoms with Crippen LogP contribution in [0.1, 0.15) is 111 Å². The molecule has 0 aliphatic rings. The molecule has 0 amide bonds. The summed E-state index contributed by atoms with van der Waals surface area (Å²) in [4.78, 5) is 29.9. The second-order valence-corrected chi connectivity index (χ2v) is 10.1. The highest BCUT2D eigenvalue weighted by Gasteiger charge is 2.37. The molecule has 0 radical (unpaired) electrons. The maximum absolute atomic E-state index is 11.9. The largest absolute Gasteiger partial charge is 0.470 e. The van der Waals surface area contributed by atoms with Crippen molar-refractivity contribution in [2.75, 3.05) is 13.7 Å². The Labute approximate surface area is 195 Å². The van der Waals surface area contributed by atoms with Gasteiger partial charge in [-0.25, -0.2) is 4.57 Å². The van der Waals surface area contributed by atoms with Crippen LogP contribution in [0, 0.1) is 0 Å². The highest BCUT2D eigenvalue weighted by Crippen LogP contribution is 2.42. The van der Waals surface area contributed by atoms with E-state index < -0.39 is 19.5 Å². The third-order valence-electron chi connectivity index (χ3n) is 5.45. The number of phosphoric ester groups is 1. The molecule has 0 fully saturated rings. The van der Waals surface area contributed by atoms with Crippen molar-refractivity contribution >= 4 is 13.8 Å². The van der Waals surface area contributed by atoms with E-state index in [0.29, 0.717) is 6.42 Å². The van der Waals surface area contributed by atoms with Crippen molar-refractivity contribution in [2.24, 2.45) is 0 Å². The smallest absolute Gasteiger partial charge is 0.463 e. The van der Waals surface area contributed by atoms with Crippen molar-refractivity contribution in [3.63, 3.8) is 0 Å². The first-order chi connectivity index (χ1) is 15.1. The third-order valence-corrected chi connectivity index (χ3v) is 6.16. The quantitative estimate of drug-likeness (QED) is 0.0843. The zero-order chi connectivity index (χ0) is 24.3. The zero-order valence-electron chi connectivity index (χ0n) is 20.7. The number of carbonyl (C=O) groups excluding carboxylic acids is 1. The van der Waals surface area contributed by atoms with Crippen LogP contribution in [0.15, 0.2) is 12.2 Å². The van der Waals surface area contributed by atoms with E-state index in [1.165, 1.54) is 72.3 Å². The predicted octanol–water partition coefficient (Wildman–Crippen LogP) is 6.47. The molecule has 1 atom stereocenters.